The molecule has 2 saturated heterocycles. The van der Waals surface area contributed by atoms with Crippen LogP contribution in [0.3, 0.4) is 0 Å². The van der Waals surface area contributed by atoms with Gasteiger partial charge in [-0.2, -0.15) is 0 Å². The molecule has 0 aromatic heterocycles. The van der Waals surface area contributed by atoms with E-state index in [0.29, 0.717) is 32.5 Å². The Hall–Kier alpha value is -2.42. The van der Waals surface area contributed by atoms with E-state index in [4.69, 9.17) is 0 Å². The summed E-state index contributed by atoms with van der Waals surface area (Å²) in [5.74, 6) is -0.120. The van der Waals surface area contributed by atoms with E-state index in [1.54, 1.807) is 0 Å². The van der Waals surface area contributed by atoms with Crippen LogP contribution in [0.5, 0.6) is 0 Å². The maximum atomic E-state index is 12.7. The van der Waals surface area contributed by atoms with Gasteiger partial charge in [0.25, 0.3) is 0 Å². The van der Waals surface area contributed by atoms with Crippen molar-refractivity contribution in [2.24, 2.45) is 5.92 Å². The van der Waals surface area contributed by atoms with Gasteiger partial charge in [-0.25, -0.2) is 12.7 Å². The number of carbonyl (C=O) groups is 1. The maximum Gasteiger partial charge on any atom is 0.223 e. The molecule has 0 saturated carbocycles. The number of piperazine rings is 1. The Morgan fingerprint density at radius 3 is 2.15 bits per heavy atom. The van der Waals surface area contributed by atoms with Gasteiger partial charge in [-0.05, 0) is 43.1 Å². The van der Waals surface area contributed by atoms with Crippen molar-refractivity contribution >= 4 is 21.6 Å². The highest BCUT2D eigenvalue weighted by Gasteiger charge is 2.31. The Kier molecular flexibility index (Phi) is 7.67. The van der Waals surface area contributed by atoms with Crippen LogP contribution >= 0.6 is 0 Å². The summed E-state index contributed by atoms with van der Waals surface area (Å²) in [5, 5.41) is 3.04. The highest BCUT2D eigenvalue weighted by molar-refractivity contribution is 7.88. The van der Waals surface area contributed by atoms with Crippen molar-refractivity contribution in [2.45, 2.75) is 25.1 Å². The number of hydrogen-bond donors (Lipinski definition) is 1. The molecule has 0 aliphatic carbocycles. The average molecular weight is 471 g/mol. The summed E-state index contributed by atoms with van der Waals surface area (Å²) >= 11 is 0. The molecular weight excluding hydrogens is 436 g/mol. The molecule has 1 N–H and O–H groups in total. The first-order valence-corrected chi connectivity index (χ1v) is 13.3. The predicted octanol–water partition coefficient (Wildman–Crippen LogP) is 2.30. The zero-order valence-electron chi connectivity index (χ0n) is 19.3. The van der Waals surface area contributed by atoms with Gasteiger partial charge in [-0.3, -0.25) is 4.79 Å². The zero-order chi connectivity index (χ0) is 23.3. The third kappa shape index (κ3) is 6.34. The highest BCUT2D eigenvalue weighted by Crippen LogP contribution is 2.22. The van der Waals surface area contributed by atoms with Crippen molar-refractivity contribution in [3.63, 3.8) is 0 Å². The van der Waals surface area contributed by atoms with Crippen molar-refractivity contribution in [3.05, 3.63) is 65.7 Å². The van der Waals surface area contributed by atoms with E-state index in [1.165, 1.54) is 9.99 Å². The van der Waals surface area contributed by atoms with Crippen molar-refractivity contribution in [2.75, 3.05) is 51.2 Å². The summed E-state index contributed by atoms with van der Waals surface area (Å²) in [4.78, 5) is 17.4. The maximum absolute atomic E-state index is 12.7. The smallest absolute Gasteiger partial charge is 0.223 e. The molecule has 2 aromatic rings. The molecular formula is C25H34N4O3S. The minimum Gasteiger partial charge on any atom is -0.369 e. The second kappa shape index (κ2) is 10.7. The molecule has 2 fully saturated rings. The molecule has 8 heteroatoms. The van der Waals surface area contributed by atoms with Crippen LogP contribution in [-0.4, -0.2) is 69.8 Å². The number of hydrogen-bond acceptors (Lipinski definition) is 5. The second-order valence-corrected chi connectivity index (χ2v) is 11.1. The Labute approximate surface area is 197 Å². The lowest BCUT2D eigenvalue weighted by molar-refractivity contribution is -0.126. The summed E-state index contributed by atoms with van der Waals surface area (Å²) in [6.45, 7) is 5.50. The third-order valence-electron chi connectivity index (χ3n) is 6.68. The lowest BCUT2D eigenvalue weighted by Crippen LogP contribution is -2.44. The molecule has 2 aromatic carbocycles. The van der Waals surface area contributed by atoms with Crippen LogP contribution in [0.25, 0.3) is 0 Å². The predicted molar refractivity (Wildman–Crippen MR) is 131 cm³/mol. The second-order valence-electron chi connectivity index (χ2n) is 9.09. The quantitative estimate of drug-likeness (QED) is 0.672. The van der Waals surface area contributed by atoms with Crippen LogP contribution in [0, 0.1) is 5.92 Å². The molecule has 2 heterocycles. The Morgan fingerprint density at radius 1 is 0.879 bits per heavy atom. The first-order valence-electron chi connectivity index (χ1n) is 11.7. The molecule has 0 spiro atoms. The first-order chi connectivity index (χ1) is 15.9. The molecule has 33 heavy (non-hydrogen) atoms. The van der Waals surface area contributed by atoms with Gasteiger partial charge < -0.3 is 15.1 Å². The summed E-state index contributed by atoms with van der Waals surface area (Å²) < 4.78 is 27.0. The molecule has 0 atom stereocenters. The summed E-state index contributed by atoms with van der Waals surface area (Å²) in [7, 11) is -1.21. The molecule has 0 bridgehead atoms. The monoisotopic (exact) mass is 470 g/mol. The van der Waals surface area contributed by atoms with Gasteiger partial charge in [-0.15, -0.1) is 0 Å². The first kappa shape index (κ1) is 23.7. The van der Waals surface area contributed by atoms with E-state index >= 15 is 0 Å². The Bertz CT molecular complexity index is 1010. The number of anilines is 1. The van der Waals surface area contributed by atoms with Gasteiger partial charge in [0.05, 0.1) is 5.75 Å². The minimum atomic E-state index is -3.36. The average Bonchev–Trinajstić information content (AvgIpc) is 2.84. The Balaban J connectivity index is 1.22. The van der Waals surface area contributed by atoms with E-state index in [-0.39, 0.29) is 17.6 Å². The minimum absolute atomic E-state index is 0.00876. The molecule has 2 aliphatic heterocycles. The number of nitrogens with zero attached hydrogens (tertiary/aromatic N) is 3. The molecule has 178 valence electrons. The molecule has 1 amide bonds. The lowest BCUT2D eigenvalue weighted by Gasteiger charge is -2.34. The fraction of sp³-hybridized carbons (Fsp3) is 0.480. The van der Waals surface area contributed by atoms with E-state index in [2.05, 4.69) is 46.4 Å². The third-order valence-corrected chi connectivity index (χ3v) is 8.53. The molecule has 4 rings (SSSR count). The molecule has 0 unspecified atom stereocenters. The highest BCUT2D eigenvalue weighted by atomic mass is 32.2. The number of rotatable bonds is 7. The topological polar surface area (TPSA) is 73.0 Å². The zero-order valence-corrected chi connectivity index (χ0v) is 20.1. The normalized spacial score (nSPS) is 18.9. The van der Waals surface area contributed by atoms with Gasteiger partial charge >= 0.3 is 0 Å². The van der Waals surface area contributed by atoms with Crippen LogP contribution in [0.15, 0.2) is 54.6 Å². The standard InChI is InChI=1S/C25H34N4O3S/c1-27-15-17-28(18-16-27)24-9-7-21(8-10-24)19-26-25(30)23-11-13-29(14-12-23)33(31,32)20-22-5-3-2-4-6-22/h2-10,23H,11-20H2,1H3,(H,26,30). The lowest BCUT2D eigenvalue weighted by atomic mass is 9.97. The van der Waals surface area contributed by atoms with Gasteiger partial charge in [0.1, 0.15) is 0 Å². The van der Waals surface area contributed by atoms with Crippen molar-refractivity contribution < 1.29 is 13.2 Å². The van der Waals surface area contributed by atoms with Crippen LogP contribution < -0.4 is 10.2 Å². The number of nitrogens with one attached hydrogen (secondary N) is 1. The summed E-state index contributed by atoms with van der Waals surface area (Å²) in [6, 6.07) is 17.6. The van der Waals surface area contributed by atoms with Crippen LogP contribution in [0.4, 0.5) is 5.69 Å². The van der Waals surface area contributed by atoms with Crippen LogP contribution in [0.1, 0.15) is 24.0 Å². The van der Waals surface area contributed by atoms with E-state index in [1.807, 2.05) is 30.3 Å². The van der Waals surface area contributed by atoms with E-state index in [9.17, 15) is 13.2 Å². The Morgan fingerprint density at radius 2 is 1.52 bits per heavy atom. The summed E-state index contributed by atoms with van der Waals surface area (Å²) in [5.41, 5.74) is 3.09. The molecule has 7 nitrogen and oxygen atoms in total. The van der Waals surface area contributed by atoms with Crippen LogP contribution in [-0.2, 0) is 27.1 Å². The van der Waals surface area contributed by atoms with E-state index in [0.717, 1.165) is 37.3 Å². The number of benzene rings is 2. The van der Waals surface area contributed by atoms with Gasteiger partial charge in [-0.1, -0.05) is 42.5 Å². The van der Waals surface area contributed by atoms with Gasteiger partial charge in [0.15, 0.2) is 0 Å². The largest absolute Gasteiger partial charge is 0.369 e. The van der Waals surface area contributed by atoms with Crippen molar-refractivity contribution in [1.29, 1.82) is 0 Å². The summed E-state index contributed by atoms with van der Waals surface area (Å²) in [6.07, 6.45) is 1.12. The molecule has 2 aliphatic rings. The number of carbonyl (C=O) groups excluding carboxylic acids is 1. The number of amides is 1. The SMILES string of the molecule is CN1CCN(c2ccc(CNC(=O)C3CCN(S(=O)(=O)Cc4ccccc4)CC3)cc2)CC1. The number of sulfonamides is 1. The van der Waals surface area contributed by atoms with Crippen molar-refractivity contribution in [3.8, 4) is 0 Å². The van der Waals surface area contributed by atoms with Crippen molar-refractivity contribution in [1.82, 2.24) is 14.5 Å². The van der Waals surface area contributed by atoms with Crippen LogP contribution in [0.2, 0.25) is 0 Å². The van der Waals surface area contributed by atoms with Gasteiger partial charge in [0.2, 0.25) is 15.9 Å². The number of likely N-dealkylation sites (N-methyl/N-ethyl adjacent to an activating group) is 1. The van der Waals surface area contributed by atoms with Gasteiger partial charge in [0, 0.05) is 57.4 Å². The van der Waals surface area contributed by atoms with E-state index < -0.39 is 10.0 Å². The fourth-order valence-electron chi connectivity index (χ4n) is 4.50. The number of piperidine rings is 1. The fourth-order valence-corrected chi connectivity index (χ4v) is 6.06. The molecule has 0 radical (unpaired) electrons.